The van der Waals surface area contributed by atoms with E-state index in [0.717, 1.165) is 25.3 Å². The molecular weight excluding hydrogens is 488 g/mol. The van der Waals surface area contributed by atoms with Crippen LogP contribution in [-0.2, 0) is 24.4 Å². The number of nitrogens with zero attached hydrogens (tertiary/aromatic N) is 4. The van der Waals surface area contributed by atoms with Gasteiger partial charge in [0.25, 0.3) is 5.91 Å². The number of fused-ring (bicyclic) bond motifs is 1. The van der Waals surface area contributed by atoms with E-state index in [0.29, 0.717) is 43.4 Å². The molecule has 2 amide bonds. The standard InChI is InChI=1S/C27H32N6O5/c1-18(34)33-13-22(14-33)31-26-9-20(4-6-29-26)27(36)30-10-23(35)15-32-7-5-19-8-24(3-2-21(19)12-32)37-16-25-11-28-17-38-25/h2-4,6,8-9,11,17,22-23,35H,5,7,10,12-16H2,1H3,(H,29,31)(H,30,36). The fourth-order valence-electron chi connectivity index (χ4n) is 4.66. The third-order valence-electron chi connectivity index (χ3n) is 6.80. The summed E-state index contributed by atoms with van der Waals surface area (Å²) >= 11 is 0. The van der Waals surface area contributed by atoms with Crippen LogP contribution < -0.4 is 15.4 Å². The number of aromatic nitrogens is 2. The van der Waals surface area contributed by atoms with Gasteiger partial charge in [-0.25, -0.2) is 9.97 Å². The number of pyridine rings is 1. The van der Waals surface area contributed by atoms with Crippen molar-refractivity contribution < 1.29 is 23.8 Å². The monoisotopic (exact) mass is 520 g/mol. The number of hydrogen-bond acceptors (Lipinski definition) is 9. The lowest BCUT2D eigenvalue weighted by molar-refractivity contribution is -0.132. The van der Waals surface area contributed by atoms with Crippen LogP contribution in [0.15, 0.2) is 53.5 Å². The van der Waals surface area contributed by atoms with Crippen LogP contribution in [0.2, 0.25) is 0 Å². The summed E-state index contributed by atoms with van der Waals surface area (Å²) < 4.78 is 11.0. The molecule has 3 N–H and O–H groups in total. The number of hydrogen-bond donors (Lipinski definition) is 3. The van der Waals surface area contributed by atoms with Gasteiger partial charge in [0.1, 0.15) is 18.2 Å². The number of likely N-dealkylation sites (tertiary alicyclic amines) is 1. The summed E-state index contributed by atoms with van der Waals surface area (Å²) in [7, 11) is 0. The van der Waals surface area contributed by atoms with E-state index < -0.39 is 6.10 Å². The molecule has 200 valence electrons. The number of aliphatic hydroxyl groups excluding tert-OH is 1. The van der Waals surface area contributed by atoms with E-state index in [4.69, 9.17) is 9.15 Å². The zero-order valence-electron chi connectivity index (χ0n) is 21.3. The Kier molecular flexibility index (Phi) is 7.85. The average molecular weight is 521 g/mol. The Labute approximate surface area is 220 Å². The lowest BCUT2D eigenvalue weighted by atomic mass is 9.99. The number of nitrogens with one attached hydrogen (secondary N) is 2. The first-order valence-corrected chi connectivity index (χ1v) is 12.7. The molecule has 2 aromatic heterocycles. The van der Waals surface area contributed by atoms with Gasteiger partial charge in [-0.15, -0.1) is 0 Å². The fraction of sp³-hybridized carbons (Fsp3) is 0.407. The highest BCUT2D eigenvalue weighted by Crippen LogP contribution is 2.24. The van der Waals surface area contributed by atoms with E-state index in [-0.39, 0.29) is 24.4 Å². The minimum absolute atomic E-state index is 0.0513. The molecular formula is C27H32N6O5. The Bertz CT molecular complexity index is 1260. The van der Waals surface area contributed by atoms with Crippen LogP contribution in [-0.4, -0.2) is 81.6 Å². The van der Waals surface area contributed by atoms with Crippen molar-refractivity contribution >= 4 is 17.6 Å². The van der Waals surface area contributed by atoms with Crippen LogP contribution in [0, 0.1) is 0 Å². The molecule has 1 unspecified atom stereocenters. The molecule has 0 saturated carbocycles. The van der Waals surface area contributed by atoms with Gasteiger partial charge in [-0.3, -0.25) is 14.5 Å². The van der Waals surface area contributed by atoms with Crippen molar-refractivity contribution in [3.05, 3.63) is 71.6 Å². The first-order chi connectivity index (χ1) is 18.4. The van der Waals surface area contributed by atoms with Gasteiger partial charge in [0, 0.05) is 58.0 Å². The summed E-state index contributed by atoms with van der Waals surface area (Å²) in [6.45, 7) is 5.28. The Balaban J connectivity index is 1.05. The largest absolute Gasteiger partial charge is 0.486 e. The number of ether oxygens (including phenoxy) is 1. The third-order valence-corrected chi connectivity index (χ3v) is 6.80. The quantitative estimate of drug-likeness (QED) is 0.363. The van der Waals surface area contributed by atoms with Gasteiger partial charge in [-0.2, -0.15) is 0 Å². The highest BCUT2D eigenvalue weighted by atomic mass is 16.5. The van der Waals surface area contributed by atoms with Crippen LogP contribution in [0.3, 0.4) is 0 Å². The van der Waals surface area contributed by atoms with E-state index in [1.165, 1.54) is 17.5 Å². The predicted octanol–water partition coefficient (Wildman–Crippen LogP) is 1.44. The summed E-state index contributed by atoms with van der Waals surface area (Å²) in [5.41, 5.74) is 2.90. The molecule has 5 rings (SSSR count). The zero-order chi connectivity index (χ0) is 26.5. The average Bonchev–Trinajstić information content (AvgIpc) is 3.41. The number of amides is 2. The summed E-state index contributed by atoms with van der Waals surface area (Å²) in [5.74, 6) is 1.83. The zero-order valence-corrected chi connectivity index (χ0v) is 21.3. The second-order valence-corrected chi connectivity index (χ2v) is 9.73. The van der Waals surface area contributed by atoms with Gasteiger partial charge in [-0.1, -0.05) is 6.07 Å². The number of carbonyl (C=O) groups is 2. The van der Waals surface area contributed by atoms with Crippen LogP contribution in [0.4, 0.5) is 5.82 Å². The van der Waals surface area contributed by atoms with Crippen molar-refractivity contribution in [1.29, 1.82) is 0 Å². The molecule has 1 aromatic carbocycles. The van der Waals surface area contributed by atoms with Crippen molar-refractivity contribution in [2.24, 2.45) is 0 Å². The van der Waals surface area contributed by atoms with Gasteiger partial charge in [0.15, 0.2) is 12.2 Å². The lowest BCUT2D eigenvalue weighted by Gasteiger charge is -2.39. The molecule has 2 aliphatic heterocycles. The van der Waals surface area contributed by atoms with Gasteiger partial charge in [0.2, 0.25) is 5.91 Å². The second-order valence-electron chi connectivity index (χ2n) is 9.73. The minimum Gasteiger partial charge on any atom is -0.486 e. The maximum atomic E-state index is 12.7. The topological polar surface area (TPSA) is 133 Å². The van der Waals surface area contributed by atoms with E-state index >= 15 is 0 Å². The predicted molar refractivity (Wildman–Crippen MR) is 138 cm³/mol. The molecule has 0 aliphatic carbocycles. The first kappa shape index (κ1) is 25.7. The second kappa shape index (κ2) is 11.6. The van der Waals surface area contributed by atoms with E-state index in [1.54, 1.807) is 36.4 Å². The van der Waals surface area contributed by atoms with Crippen LogP contribution >= 0.6 is 0 Å². The van der Waals surface area contributed by atoms with Gasteiger partial charge < -0.3 is 29.8 Å². The van der Waals surface area contributed by atoms with Crippen molar-refractivity contribution in [3.63, 3.8) is 0 Å². The number of anilines is 1. The molecule has 1 fully saturated rings. The van der Waals surface area contributed by atoms with Crippen LogP contribution in [0.1, 0.15) is 34.2 Å². The summed E-state index contributed by atoms with van der Waals surface area (Å²) in [5, 5.41) is 16.7. The Hall–Kier alpha value is -3.96. The van der Waals surface area contributed by atoms with Crippen molar-refractivity contribution in [2.75, 3.05) is 38.0 Å². The molecule has 0 radical (unpaired) electrons. The normalized spacial score (nSPS) is 16.3. The smallest absolute Gasteiger partial charge is 0.251 e. The molecule has 3 aromatic rings. The number of rotatable bonds is 10. The van der Waals surface area contributed by atoms with Gasteiger partial charge in [0.05, 0.1) is 18.3 Å². The third kappa shape index (κ3) is 6.48. The first-order valence-electron chi connectivity index (χ1n) is 12.7. The Morgan fingerprint density at radius 1 is 1.24 bits per heavy atom. The number of benzene rings is 1. The molecule has 1 atom stereocenters. The van der Waals surface area contributed by atoms with Crippen molar-refractivity contribution in [3.8, 4) is 5.75 Å². The van der Waals surface area contributed by atoms with Gasteiger partial charge >= 0.3 is 0 Å². The maximum Gasteiger partial charge on any atom is 0.251 e. The van der Waals surface area contributed by atoms with Crippen LogP contribution in [0.5, 0.6) is 5.75 Å². The SMILES string of the molecule is CC(=O)N1CC(Nc2cc(C(=O)NCC(O)CN3CCc4cc(OCc5cnco5)ccc4C3)ccn2)C1. The fourth-order valence-corrected chi connectivity index (χ4v) is 4.66. The van der Waals surface area contributed by atoms with Crippen LogP contribution in [0.25, 0.3) is 0 Å². The highest BCUT2D eigenvalue weighted by Gasteiger charge is 2.28. The Morgan fingerprint density at radius 2 is 2.11 bits per heavy atom. The number of oxazole rings is 1. The molecule has 4 heterocycles. The molecule has 2 aliphatic rings. The highest BCUT2D eigenvalue weighted by molar-refractivity contribution is 5.94. The summed E-state index contributed by atoms with van der Waals surface area (Å²) in [4.78, 5) is 36.1. The summed E-state index contributed by atoms with van der Waals surface area (Å²) in [6, 6.07) is 9.50. The van der Waals surface area contributed by atoms with E-state index in [1.807, 2.05) is 6.07 Å². The van der Waals surface area contributed by atoms with Crippen molar-refractivity contribution in [2.45, 2.75) is 38.6 Å². The maximum absolute atomic E-state index is 12.7. The van der Waals surface area contributed by atoms with Gasteiger partial charge in [-0.05, 0) is 41.8 Å². The molecule has 0 bridgehead atoms. The molecule has 0 spiro atoms. The molecule has 38 heavy (non-hydrogen) atoms. The van der Waals surface area contributed by atoms with Crippen molar-refractivity contribution in [1.82, 2.24) is 25.1 Å². The number of β-amino-alcohol motifs (C(OH)–C–C–N with tert-alkyl or cyclic N) is 1. The molecule has 11 heteroatoms. The lowest BCUT2D eigenvalue weighted by Crippen LogP contribution is -2.56. The summed E-state index contributed by atoms with van der Waals surface area (Å²) in [6.07, 6.45) is 4.75. The van der Waals surface area contributed by atoms with E-state index in [9.17, 15) is 14.7 Å². The Morgan fingerprint density at radius 3 is 2.89 bits per heavy atom. The minimum atomic E-state index is -0.697. The molecule has 11 nitrogen and oxygen atoms in total. The number of carbonyl (C=O) groups excluding carboxylic acids is 2. The van der Waals surface area contributed by atoms with E-state index in [2.05, 4.69) is 37.6 Å². The molecule has 1 saturated heterocycles. The number of aliphatic hydroxyl groups is 1.